The normalized spacial score (nSPS) is 36.3. The standard InChI is InChI=1S/C9H16O3/c1-12-9(7-11)4-2-8(6-10)3-5-9/h7-8,10H,2-6H2,1H3. The Bertz CT molecular complexity index is 148. The van der Waals surface area contributed by atoms with Crippen molar-refractivity contribution in [1.82, 2.24) is 0 Å². The Kier molecular flexibility index (Phi) is 3.23. The quantitative estimate of drug-likeness (QED) is 0.639. The van der Waals surface area contributed by atoms with Crippen LogP contribution >= 0.6 is 0 Å². The van der Waals surface area contributed by atoms with Crippen molar-refractivity contribution < 1.29 is 14.6 Å². The second kappa shape index (κ2) is 4.01. The van der Waals surface area contributed by atoms with Gasteiger partial charge in [-0.05, 0) is 31.6 Å². The smallest absolute Gasteiger partial charge is 0.151 e. The van der Waals surface area contributed by atoms with E-state index in [0.29, 0.717) is 5.92 Å². The Hall–Kier alpha value is -0.410. The highest BCUT2D eigenvalue weighted by Crippen LogP contribution is 2.32. The van der Waals surface area contributed by atoms with E-state index < -0.39 is 5.60 Å². The van der Waals surface area contributed by atoms with Gasteiger partial charge in [-0.1, -0.05) is 0 Å². The van der Waals surface area contributed by atoms with E-state index in [1.54, 1.807) is 7.11 Å². The molecule has 0 atom stereocenters. The van der Waals surface area contributed by atoms with Crippen molar-refractivity contribution in [2.75, 3.05) is 13.7 Å². The van der Waals surface area contributed by atoms with E-state index in [1.165, 1.54) is 0 Å². The molecule has 0 radical (unpaired) electrons. The van der Waals surface area contributed by atoms with Gasteiger partial charge in [-0.2, -0.15) is 0 Å². The molecule has 0 saturated heterocycles. The molecule has 1 aliphatic carbocycles. The molecule has 1 aliphatic rings. The van der Waals surface area contributed by atoms with Gasteiger partial charge in [0.15, 0.2) is 6.29 Å². The lowest BCUT2D eigenvalue weighted by Gasteiger charge is -2.33. The van der Waals surface area contributed by atoms with Crippen LogP contribution in [0.25, 0.3) is 0 Å². The molecule has 0 aromatic carbocycles. The van der Waals surface area contributed by atoms with E-state index in [9.17, 15) is 4.79 Å². The number of carbonyl (C=O) groups excluding carboxylic acids is 1. The number of ether oxygens (including phenoxy) is 1. The molecule has 70 valence electrons. The summed E-state index contributed by atoms with van der Waals surface area (Å²) in [5.41, 5.74) is -0.550. The van der Waals surface area contributed by atoms with Crippen LogP contribution in [0, 0.1) is 5.92 Å². The van der Waals surface area contributed by atoms with Gasteiger partial charge in [0.2, 0.25) is 0 Å². The summed E-state index contributed by atoms with van der Waals surface area (Å²) in [6.07, 6.45) is 4.18. The summed E-state index contributed by atoms with van der Waals surface area (Å²) in [4.78, 5) is 10.7. The van der Waals surface area contributed by atoms with E-state index in [0.717, 1.165) is 32.0 Å². The SMILES string of the molecule is COC1(C=O)CCC(CO)CC1. The van der Waals surface area contributed by atoms with Crippen LogP contribution < -0.4 is 0 Å². The maximum atomic E-state index is 10.7. The zero-order valence-electron chi connectivity index (χ0n) is 7.45. The van der Waals surface area contributed by atoms with Gasteiger partial charge in [0.25, 0.3) is 0 Å². The first-order chi connectivity index (χ1) is 5.76. The van der Waals surface area contributed by atoms with Gasteiger partial charge in [-0.25, -0.2) is 0 Å². The van der Waals surface area contributed by atoms with Gasteiger partial charge in [0.1, 0.15) is 5.60 Å². The molecular weight excluding hydrogens is 156 g/mol. The van der Waals surface area contributed by atoms with Crippen LogP contribution in [-0.2, 0) is 9.53 Å². The summed E-state index contributed by atoms with van der Waals surface area (Å²) in [6.45, 7) is 0.235. The molecule has 1 N–H and O–H groups in total. The molecule has 1 saturated carbocycles. The molecule has 0 bridgehead atoms. The van der Waals surface area contributed by atoms with Crippen molar-refractivity contribution in [2.45, 2.75) is 31.3 Å². The summed E-state index contributed by atoms with van der Waals surface area (Å²) < 4.78 is 5.17. The van der Waals surface area contributed by atoms with Crippen molar-refractivity contribution in [1.29, 1.82) is 0 Å². The predicted molar refractivity (Wildman–Crippen MR) is 44.8 cm³/mol. The second-order valence-electron chi connectivity index (χ2n) is 3.51. The fourth-order valence-electron chi connectivity index (χ4n) is 1.72. The third kappa shape index (κ3) is 1.84. The molecule has 12 heavy (non-hydrogen) atoms. The highest BCUT2D eigenvalue weighted by atomic mass is 16.5. The Labute approximate surface area is 72.7 Å². The minimum atomic E-state index is -0.550. The third-order valence-electron chi connectivity index (χ3n) is 2.83. The highest BCUT2D eigenvalue weighted by Gasteiger charge is 2.34. The first-order valence-corrected chi connectivity index (χ1v) is 4.38. The number of aliphatic hydroxyl groups is 1. The van der Waals surface area contributed by atoms with Crippen LogP contribution in [0.3, 0.4) is 0 Å². The summed E-state index contributed by atoms with van der Waals surface area (Å²) >= 11 is 0. The largest absolute Gasteiger partial charge is 0.396 e. The Balaban J connectivity index is 2.47. The maximum absolute atomic E-state index is 10.7. The molecule has 0 aromatic heterocycles. The van der Waals surface area contributed by atoms with Crippen LogP contribution in [0.1, 0.15) is 25.7 Å². The molecule has 0 spiro atoms. The first-order valence-electron chi connectivity index (χ1n) is 4.38. The van der Waals surface area contributed by atoms with Crippen LogP contribution in [-0.4, -0.2) is 30.7 Å². The minimum Gasteiger partial charge on any atom is -0.396 e. The number of aliphatic hydroxyl groups excluding tert-OH is 1. The lowest BCUT2D eigenvalue weighted by molar-refractivity contribution is -0.133. The van der Waals surface area contributed by atoms with Crippen molar-refractivity contribution in [2.24, 2.45) is 5.92 Å². The number of rotatable bonds is 3. The molecule has 0 unspecified atom stereocenters. The predicted octanol–water partition coefficient (Wildman–Crippen LogP) is 0.753. The van der Waals surface area contributed by atoms with Crippen molar-refractivity contribution in [3.8, 4) is 0 Å². The van der Waals surface area contributed by atoms with Crippen LogP contribution in [0.4, 0.5) is 0 Å². The number of hydrogen-bond donors (Lipinski definition) is 1. The van der Waals surface area contributed by atoms with E-state index >= 15 is 0 Å². The topological polar surface area (TPSA) is 46.5 Å². The molecule has 0 heterocycles. The van der Waals surface area contributed by atoms with Gasteiger partial charge in [0, 0.05) is 13.7 Å². The van der Waals surface area contributed by atoms with Gasteiger partial charge in [0.05, 0.1) is 0 Å². The van der Waals surface area contributed by atoms with Gasteiger partial charge in [-0.3, -0.25) is 0 Å². The van der Waals surface area contributed by atoms with Crippen LogP contribution in [0.2, 0.25) is 0 Å². The summed E-state index contributed by atoms with van der Waals surface area (Å²) in [5.74, 6) is 0.369. The van der Waals surface area contributed by atoms with Crippen LogP contribution in [0.15, 0.2) is 0 Å². The van der Waals surface area contributed by atoms with Crippen molar-refractivity contribution in [3.05, 3.63) is 0 Å². The zero-order chi connectivity index (χ0) is 9.03. The lowest BCUT2D eigenvalue weighted by atomic mass is 9.80. The first kappa shape index (κ1) is 9.68. The highest BCUT2D eigenvalue weighted by molar-refractivity contribution is 5.62. The van der Waals surface area contributed by atoms with E-state index in [2.05, 4.69) is 0 Å². The zero-order valence-corrected chi connectivity index (χ0v) is 7.45. The molecule has 3 heteroatoms. The fraction of sp³-hybridized carbons (Fsp3) is 0.889. The molecule has 1 fully saturated rings. The molecule has 0 aliphatic heterocycles. The third-order valence-corrected chi connectivity index (χ3v) is 2.83. The second-order valence-corrected chi connectivity index (χ2v) is 3.51. The number of methoxy groups -OCH3 is 1. The molecule has 3 nitrogen and oxygen atoms in total. The monoisotopic (exact) mass is 172 g/mol. The number of aldehydes is 1. The van der Waals surface area contributed by atoms with E-state index in [4.69, 9.17) is 9.84 Å². The molecular formula is C9H16O3. The molecule has 1 rings (SSSR count). The molecule has 0 amide bonds. The van der Waals surface area contributed by atoms with Gasteiger partial charge < -0.3 is 14.6 Å². The summed E-state index contributed by atoms with van der Waals surface area (Å²) in [6, 6.07) is 0. The Morgan fingerprint density at radius 2 is 2.17 bits per heavy atom. The molecule has 0 aromatic rings. The van der Waals surface area contributed by atoms with Gasteiger partial charge >= 0.3 is 0 Å². The van der Waals surface area contributed by atoms with Gasteiger partial charge in [-0.15, -0.1) is 0 Å². The average Bonchev–Trinajstić information content (AvgIpc) is 2.18. The van der Waals surface area contributed by atoms with Crippen molar-refractivity contribution in [3.63, 3.8) is 0 Å². The summed E-state index contributed by atoms with van der Waals surface area (Å²) in [7, 11) is 1.58. The van der Waals surface area contributed by atoms with E-state index in [-0.39, 0.29) is 6.61 Å². The van der Waals surface area contributed by atoms with Crippen LogP contribution in [0.5, 0.6) is 0 Å². The lowest BCUT2D eigenvalue weighted by Crippen LogP contribution is -2.38. The maximum Gasteiger partial charge on any atom is 0.151 e. The summed E-state index contributed by atoms with van der Waals surface area (Å²) in [5, 5.41) is 8.88. The fourth-order valence-corrected chi connectivity index (χ4v) is 1.72. The average molecular weight is 172 g/mol. The number of carbonyl (C=O) groups is 1. The minimum absolute atomic E-state index is 0.235. The van der Waals surface area contributed by atoms with Crippen molar-refractivity contribution >= 4 is 6.29 Å². The number of hydrogen-bond acceptors (Lipinski definition) is 3. The van der Waals surface area contributed by atoms with E-state index in [1.807, 2.05) is 0 Å². The Morgan fingerprint density at radius 1 is 1.58 bits per heavy atom. The Morgan fingerprint density at radius 3 is 2.50 bits per heavy atom.